The number of hydrogen-bond acceptors (Lipinski definition) is 14. The van der Waals surface area contributed by atoms with Gasteiger partial charge >= 0.3 is 43.0 Å². The number of aromatic nitrogens is 4. The standard InChI is InChI=1S/C28H32N4O5.C27H30N4O5.Li.H2O/c1-28(2,3)37-27(34)31-16-19(17-31)22-14-15-29-32-24(26(33)35-4)23(30-25(22)32)18-10-12-21(13-11-18)36-20-8-6-5-7-9-20;1-27(2,3)36-26(34)30-15-18(16-30)21-13-14-28-31-23(25(32)33)22(29-24(21)31)17-9-11-20(12-10-17)35-19-7-5-4-6-8-19;;/h5-13,19,22,29H,14-17H2,1-4H3;4-12,18,21,28H,13-16H2,1-3H3,(H,32,33);;1H2/q;;+1;/p-1. The largest absolute Gasteiger partial charge is 1.00 e. The van der Waals surface area contributed by atoms with Crippen LogP contribution in [0.15, 0.2) is 109 Å². The van der Waals surface area contributed by atoms with Crippen molar-refractivity contribution < 1.29 is 72.3 Å². The number of imidazole rings is 2. The van der Waals surface area contributed by atoms with E-state index in [2.05, 4.69) is 10.9 Å². The first kappa shape index (κ1) is 55.3. The van der Waals surface area contributed by atoms with Gasteiger partial charge in [-0.3, -0.25) is 0 Å². The van der Waals surface area contributed by atoms with Crippen molar-refractivity contribution >= 4 is 24.1 Å². The Morgan fingerprint density at radius 1 is 0.560 bits per heavy atom. The molecule has 2 saturated heterocycles. The van der Waals surface area contributed by atoms with E-state index < -0.39 is 23.1 Å². The Bertz CT molecular complexity index is 2940. The van der Waals surface area contributed by atoms with Crippen LogP contribution in [-0.4, -0.2) is 121 Å². The fraction of sp³-hybridized carbons (Fsp3) is 0.382. The van der Waals surface area contributed by atoms with Crippen LogP contribution >= 0.6 is 0 Å². The Labute approximate surface area is 447 Å². The number of aromatic carboxylic acids is 1. The third kappa shape index (κ3) is 12.6. The summed E-state index contributed by atoms with van der Waals surface area (Å²) in [4.78, 5) is 63.1. The summed E-state index contributed by atoms with van der Waals surface area (Å²) in [6.45, 7) is 14.8. The molecule has 4 N–H and O–H groups in total. The van der Waals surface area contributed by atoms with E-state index >= 15 is 0 Å². The van der Waals surface area contributed by atoms with Crippen LogP contribution in [0.1, 0.15) is 98.8 Å². The predicted octanol–water partition coefficient (Wildman–Crippen LogP) is 6.79. The van der Waals surface area contributed by atoms with E-state index in [-0.39, 0.29) is 65.9 Å². The van der Waals surface area contributed by atoms with Crippen LogP contribution in [0.2, 0.25) is 0 Å². The molecule has 0 radical (unpaired) electrons. The zero-order chi connectivity index (χ0) is 51.6. The van der Waals surface area contributed by atoms with Crippen molar-refractivity contribution in [3.63, 3.8) is 0 Å². The number of rotatable bonds is 10. The van der Waals surface area contributed by atoms with Gasteiger partial charge in [0.1, 0.15) is 57.2 Å². The number of methoxy groups -OCH3 is 1. The SMILES string of the molecule is CC(C)(C)OC(=O)N1CC(C2CCNn3c2nc(-c2ccc(Oc4ccccc4)cc2)c3C(=O)O)C1.COC(=O)c1c(-c2ccc(Oc3ccccc3)cc2)nc2n1NCCC2C1CN(C(=O)OC(C)(C)C)C1.[Li+].[OH-]. The second-order valence-electron chi connectivity index (χ2n) is 20.6. The van der Waals surface area contributed by atoms with Gasteiger partial charge in [-0.15, -0.1) is 0 Å². The van der Waals surface area contributed by atoms with Gasteiger partial charge in [0.2, 0.25) is 0 Å². The van der Waals surface area contributed by atoms with Crippen molar-refractivity contribution in [2.75, 3.05) is 57.2 Å². The fourth-order valence-corrected chi connectivity index (χ4v) is 9.49. The molecule has 0 aliphatic carbocycles. The van der Waals surface area contributed by atoms with Crippen LogP contribution in [0.5, 0.6) is 23.0 Å². The molecule has 10 rings (SSSR count). The Kier molecular flexibility index (Phi) is 16.9. The molecule has 2 aromatic heterocycles. The molecule has 6 heterocycles. The van der Waals surface area contributed by atoms with Gasteiger partial charge in [0.05, 0.1) is 7.11 Å². The normalized spacial score (nSPS) is 16.9. The van der Waals surface area contributed by atoms with Crippen LogP contribution in [0.25, 0.3) is 22.5 Å². The minimum absolute atomic E-state index is 0. The Morgan fingerprint density at radius 3 is 1.28 bits per heavy atom. The number of carbonyl (C=O) groups excluding carboxylic acids is 3. The van der Waals surface area contributed by atoms with E-state index in [0.29, 0.717) is 79.2 Å². The zero-order valence-corrected chi connectivity index (χ0v) is 43.6. The molecule has 75 heavy (non-hydrogen) atoms. The first-order valence-electron chi connectivity index (χ1n) is 24.6. The third-order valence-corrected chi connectivity index (χ3v) is 13.0. The number of likely N-dealkylation sites (tertiary alicyclic amines) is 2. The van der Waals surface area contributed by atoms with Crippen molar-refractivity contribution in [1.82, 2.24) is 29.1 Å². The number of nitrogens with zero attached hydrogens (tertiary/aromatic N) is 6. The number of hydrogen-bond donors (Lipinski definition) is 3. The summed E-state index contributed by atoms with van der Waals surface area (Å²) in [7, 11) is 1.37. The van der Waals surface area contributed by atoms with Gasteiger partial charge in [0.15, 0.2) is 11.4 Å². The van der Waals surface area contributed by atoms with E-state index in [0.717, 1.165) is 35.7 Å². The van der Waals surface area contributed by atoms with Gasteiger partial charge in [0, 0.05) is 74.1 Å². The van der Waals surface area contributed by atoms with Crippen LogP contribution in [-0.2, 0) is 14.2 Å². The maximum atomic E-state index is 12.9. The van der Waals surface area contributed by atoms with Gasteiger partial charge < -0.3 is 54.9 Å². The predicted molar refractivity (Wildman–Crippen MR) is 274 cm³/mol. The summed E-state index contributed by atoms with van der Waals surface area (Å²) < 4.78 is 31.2. The Hall–Kier alpha value is -7.46. The molecule has 2 fully saturated rings. The van der Waals surface area contributed by atoms with Crippen LogP contribution < -0.4 is 39.2 Å². The minimum atomic E-state index is -1.05. The van der Waals surface area contributed by atoms with Crippen LogP contribution in [0.3, 0.4) is 0 Å². The molecule has 20 heteroatoms. The van der Waals surface area contributed by atoms with Crippen molar-refractivity contribution in [1.29, 1.82) is 0 Å². The van der Waals surface area contributed by atoms with Crippen molar-refractivity contribution in [3.8, 4) is 45.5 Å². The topological polar surface area (TPSA) is 231 Å². The second kappa shape index (κ2) is 23.0. The average Bonchev–Trinajstić information content (AvgIpc) is 3.92. The molecular formula is C55H63LiN8O11. The molecule has 4 aliphatic heterocycles. The summed E-state index contributed by atoms with van der Waals surface area (Å²) >= 11 is 0. The van der Waals surface area contributed by atoms with E-state index in [1.54, 1.807) is 19.2 Å². The van der Waals surface area contributed by atoms with Gasteiger partial charge in [-0.2, -0.15) is 0 Å². The van der Waals surface area contributed by atoms with Crippen molar-refractivity contribution in [2.45, 2.75) is 77.4 Å². The zero-order valence-electron chi connectivity index (χ0n) is 43.6. The maximum Gasteiger partial charge on any atom is 1.00 e. The van der Waals surface area contributed by atoms with E-state index in [4.69, 9.17) is 33.7 Å². The molecule has 0 spiro atoms. The number of nitrogens with one attached hydrogen (secondary N) is 2. The summed E-state index contributed by atoms with van der Waals surface area (Å²) in [6, 6.07) is 33.8. The molecule has 0 saturated carbocycles. The van der Waals surface area contributed by atoms with Crippen molar-refractivity contribution in [3.05, 3.63) is 132 Å². The van der Waals surface area contributed by atoms with E-state index in [9.17, 15) is 24.3 Å². The molecule has 390 valence electrons. The van der Waals surface area contributed by atoms with Gasteiger partial charge in [0.25, 0.3) is 0 Å². The summed E-state index contributed by atoms with van der Waals surface area (Å²) in [5.41, 5.74) is 8.33. The Morgan fingerprint density at radius 2 is 0.920 bits per heavy atom. The summed E-state index contributed by atoms with van der Waals surface area (Å²) in [5, 5.41) is 10.0. The monoisotopic (exact) mass is 1020 g/mol. The first-order chi connectivity index (χ1) is 34.9. The third-order valence-electron chi connectivity index (χ3n) is 13.0. The molecular weight excluding hydrogens is 956 g/mol. The summed E-state index contributed by atoms with van der Waals surface area (Å²) in [6.07, 6.45) is 1.05. The average molecular weight is 1020 g/mol. The number of carboxylic acid groups (broad SMARTS) is 1. The maximum absolute atomic E-state index is 12.9. The number of esters is 1. The molecule has 2 atom stereocenters. The molecule has 19 nitrogen and oxygen atoms in total. The number of carboxylic acids is 1. The molecule has 0 bridgehead atoms. The van der Waals surface area contributed by atoms with Gasteiger partial charge in [-0.1, -0.05) is 36.4 Å². The van der Waals surface area contributed by atoms with E-state index in [1.807, 2.05) is 151 Å². The Balaban J connectivity index is 0.000000213. The van der Waals surface area contributed by atoms with Gasteiger partial charge in [-0.25, -0.2) is 38.5 Å². The first-order valence-corrected chi connectivity index (χ1v) is 24.6. The quantitative estimate of drug-likeness (QED) is 0.0729. The number of para-hydroxylation sites is 2. The smallest absolute Gasteiger partial charge is 0.870 e. The summed E-state index contributed by atoms with van der Waals surface area (Å²) in [5.74, 6) is 3.32. The molecule has 4 aliphatic rings. The number of benzene rings is 4. The van der Waals surface area contributed by atoms with Gasteiger partial charge in [-0.05, 0) is 127 Å². The number of fused-ring (bicyclic) bond motifs is 2. The minimum Gasteiger partial charge on any atom is -0.870 e. The second-order valence-corrected chi connectivity index (χ2v) is 20.6. The number of ether oxygens (including phenoxy) is 5. The van der Waals surface area contributed by atoms with Crippen LogP contribution in [0.4, 0.5) is 9.59 Å². The molecule has 2 unspecified atom stereocenters. The number of carbonyl (C=O) groups is 4. The molecule has 6 aromatic rings. The van der Waals surface area contributed by atoms with E-state index in [1.165, 1.54) is 7.11 Å². The van der Waals surface area contributed by atoms with Crippen molar-refractivity contribution in [2.24, 2.45) is 11.8 Å². The molecule has 2 amide bonds. The number of amides is 2. The fourth-order valence-electron chi connectivity index (χ4n) is 9.49. The molecule has 4 aromatic carbocycles. The van der Waals surface area contributed by atoms with Crippen LogP contribution in [0, 0.1) is 11.8 Å².